The second-order valence-corrected chi connectivity index (χ2v) is 4.32. The van der Waals surface area contributed by atoms with Crippen LogP contribution < -0.4 is 4.74 Å². The molecule has 0 aliphatic heterocycles. The van der Waals surface area contributed by atoms with Gasteiger partial charge >= 0.3 is 0 Å². The highest BCUT2D eigenvalue weighted by Crippen LogP contribution is 2.41. The van der Waals surface area contributed by atoms with E-state index in [1.54, 1.807) is 18.4 Å². The largest absolute Gasteiger partial charge is 0.497 e. The topological polar surface area (TPSA) is 26.3 Å². The summed E-state index contributed by atoms with van der Waals surface area (Å²) in [7, 11) is 1.63. The zero-order valence-corrected chi connectivity index (χ0v) is 8.93. The lowest BCUT2D eigenvalue weighted by atomic mass is 10.1. The predicted molar refractivity (Wildman–Crippen MR) is 59.7 cm³/mol. The summed E-state index contributed by atoms with van der Waals surface area (Å²) in [6.45, 7) is 0. The number of ketones is 1. The Labute approximate surface area is 91.1 Å². The molecule has 0 fully saturated rings. The van der Waals surface area contributed by atoms with E-state index in [9.17, 15) is 4.79 Å². The molecule has 0 amide bonds. The normalized spacial score (nSPS) is 12.5. The second kappa shape index (κ2) is 2.94. The first kappa shape index (κ1) is 8.68. The average Bonchev–Trinajstić information content (AvgIpc) is 2.83. The summed E-state index contributed by atoms with van der Waals surface area (Å²) >= 11 is 1.60. The van der Waals surface area contributed by atoms with Gasteiger partial charge in [-0.15, -0.1) is 11.3 Å². The number of hydrogen-bond donors (Lipinski definition) is 0. The van der Waals surface area contributed by atoms with Crippen LogP contribution >= 0.6 is 11.3 Å². The SMILES string of the molecule is COc1ccc2c(c1)-c1sccc1C2=O. The first-order chi connectivity index (χ1) is 7.31. The molecule has 2 aromatic rings. The van der Waals surface area contributed by atoms with Crippen LogP contribution in [-0.4, -0.2) is 12.9 Å². The van der Waals surface area contributed by atoms with Gasteiger partial charge in [-0.2, -0.15) is 0 Å². The highest BCUT2D eigenvalue weighted by molar-refractivity contribution is 7.14. The van der Waals surface area contributed by atoms with E-state index in [0.29, 0.717) is 0 Å². The standard InChI is InChI=1S/C12H8O2S/c1-14-7-2-3-8-10(6-7)12-9(11(8)13)4-5-15-12/h2-6H,1H3. The Bertz CT molecular complexity index is 554. The van der Waals surface area contributed by atoms with Crippen molar-refractivity contribution < 1.29 is 9.53 Å². The molecular weight excluding hydrogens is 208 g/mol. The molecule has 0 saturated heterocycles. The first-order valence-electron chi connectivity index (χ1n) is 4.62. The Morgan fingerprint density at radius 1 is 1.13 bits per heavy atom. The lowest BCUT2D eigenvalue weighted by Crippen LogP contribution is -1.93. The summed E-state index contributed by atoms with van der Waals surface area (Å²) in [6, 6.07) is 7.47. The van der Waals surface area contributed by atoms with Gasteiger partial charge < -0.3 is 4.74 Å². The minimum absolute atomic E-state index is 0.129. The number of carbonyl (C=O) groups is 1. The van der Waals surface area contributed by atoms with E-state index in [1.165, 1.54) is 0 Å². The number of carbonyl (C=O) groups excluding carboxylic acids is 1. The van der Waals surface area contributed by atoms with Gasteiger partial charge in [-0.25, -0.2) is 0 Å². The summed E-state index contributed by atoms with van der Waals surface area (Å²) in [4.78, 5) is 13.0. The number of hydrogen-bond acceptors (Lipinski definition) is 3. The Balaban J connectivity index is 2.30. The van der Waals surface area contributed by atoms with Gasteiger partial charge in [0, 0.05) is 21.6 Å². The maximum atomic E-state index is 11.9. The zero-order chi connectivity index (χ0) is 10.4. The molecule has 0 spiro atoms. The molecule has 2 nitrogen and oxygen atoms in total. The number of fused-ring (bicyclic) bond motifs is 3. The van der Waals surface area contributed by atoms with E-state index in [-0.39, 0.29) is 5.78 Å². The fourth-order valence-electron chi connectivity index (χ4n) is 1.88. The number of ether oxygens (including phenoxy) is 1. The van der Waals surface area contributed by atoms with Crippen LogP contribution in [0, 0.1) is 0 Å². The van der Waals surface area contributed by atoms with Crippen molar-refractivity contribution in [1.29, 1.82) is 0 Å². The summed E-state index contributed by atoms with van der Waals surface area (Å²) in [5.41, 5.74) is 2.62. The van der Waals surface area contributed by atoms with Crippen molar-refractivity contribution in [1.82, 2.24) is 0 Å². The number of benzene rings is 1. The maximum absolute atomic E-state index is 11.9. The van der Waals surface area contributed by atoms with Crippen molar-refractivity contribution in [2.45, 2.75) is 0 Å². The molecule has 0 saturated carbocycles. The lowest BCUT2D eigenvalue weighted by molar-refractivity contribution is 0.104. The Morgan fingerprint density at radius 2 is 2.00 bits per heavy atom. The van der Waals surface area contributed by atoms with E-state index >= 15 is 0 Å². The molecule has 0 N–H and O–H groups in total. The second-order valence-electron chi connectivity index (χ2n) is 3.40. The highest BCUT2D eigenvalue weighted by Gasteiger charge is 2.27. The third kappa shape index (κ3) is 1.07. The van der Waals surface area contributed by atoms with Gasteiger partial charge in [-0.3, -0.25) is 4.79 Å². The Hall–Kier alpha value is -1.61. The third-order valence-electron chi connectivity index (χ3n) is 2.63. The van der Waals surface area contributed by atoms with Gasteiger partial charge in [0.1, 0.15) is 5.75 Å². The van der Waals surface area contributed by atoms with Crippen LogP contribution in [0.25, 0.3) is 10.4 Å². The third-order valence-corrected chi connectivity index (χ3v) is 3.57. The van der Waals surface area contributed by atoms with E-state index in [2.05, 4.69) is 0 Å². The van der Waals surface area contributed by atoms with Crippen LogP contribution in [0.2, 0.25) is 0 Å². The van der Waals surface area contributed by atoms with E-state index in [0.717, 1.165) is 27.3 Å². The summed E-state index contributed by atoms with van der Waals surface area (Å²) in [5, 5.41) is 1.95. The minimum atomic E-state index is 0.129. The molecule has 1 aromatic carbocycles. The van der Waals surface area contributed by atoms with Gasteiger partial charge in [0.15, 0.2) is 5.78 Å². The smallest absolute Gasteiger partial charge is 0.195 e. The van der Waals surface area contributed by atoms with Crippen molar-refractivity contribution in [3.63, 3.8) is 0 Å². The zero-order valence-electron chi connectivity index (χ0n) is 8.11. The molecule has 3 rings (SSSR count). The van der Waals surface area contributed by atoms with Crippen LogP contribution in [0.5, 0.6) is 5.75 Å². The first-order valence-corrected chi connectivity index (χ1v) is 5.50. The van der Waals surface area contributed by atoms with E-state index < -0.39 is 0 Å². The van der Waals surface area contributed by atoms with Crippen molar-refractivity contribution in [3.8, 4) is 16.2 Å². The van der Waals surface area contributed by atoms with Gasteiger partial charge in [0.25, 0.3) is 0 Å². The van der Waals surface area contributed by atoms with Crippen LogP contribution in [-0.2, 0) is 0 Å². The molecule has 0 radical (unpaired) electrons. The fourth-order valence-corrected chi connectivity index (χ4v) is 2.80. The van der Waals surface area contributed by atoms with Crippen LogP contribution in [0.15, 0.2) is 29.6 Å². The van der Waals surface area contributed by atoms with Crippen molar-refractivity contribution >= 4 is 17.1 Å². The number of thiophene rings is 1. The molecule has 15 heavy (non-hydrogen) atoms. The maximum Gasteiger partial charge on any atom is 0.195 e. The monoisotopic (exact) mass is 216 g/mol. The molecule has 1 heterocycles. The molecule has 0 atom stereocenters. The van der Waals surface area contributed by atoms with E-state index in [4.69, 9.17) is 4.74 Å². The van der Waals surface area contributed by atoms with Gasteiger partial charge in [-0.05, 0) is 29.6 Å². The number of methoxy groups -OCH3 is 1. The molecule has 1 aliphatic carbocycles. The highest BCUT2D eigenvalue weighted by atomic mass is 32.1. The molecule has 74 valence electrons. The Morgan fingerprint density at radius 3 is 2.80 bits per heavy atom. The summed E-state index contributed by atoms with van der Waals surface area (Å²) in [5.74, 6) is 0.923. The fraction of sp³-hybridized carbons (Fsp3) is 0.0833. The van der Waals surface area contributed by atoms with Crippen molar-refractivity contribution in [2.24, 2.45) is 0 Å². The summed E-state index contributed by atoms with van der Waals surface area (Å²) in [6.07, 6.45) is 0. The average molecular weight is 216 g/mol. The van der Waals surface area contributed by atoms with Crippen molar-refractivity contribution in [2.75, 3.05) is 7.11 Å². The molecule has 0 bridgehead atoms. The minimum Gasteiger partial charge on any atom is -0.497 e. The molecule has 1 aromatic heterocycles. The molecule has 0 unspecified atom stereocenters. The van der Waals surface area contributed by atoms with E-state index in [1.807, 2.05) is 29.6 Å². The van der Waals surface area contributed by atoms with Crippen LogP contribution in [0.1, 0.15) is 15.9 Å². The predicted octanol–water partition coefficient (Wildman–Crippen LogP) is 2.97. The molecule has 3 heteroatoms. The van der Waals surface area contributed by atoms with Gasteiger partial charge in [-0.1, -0.05) is 0 Å². The number of rotatable bonds is 1. The van der Waals surface area contributed by atoms with Crippen LogP contribution in [0.4, 0.5) is 0 Å². The quantitative estimate of drug-likeness (QED) is 0.625. The lowest BCUT2D eigenvalue weighted by Gasteiger charge is -2.02. The van der Waals surface area contributed by atoms with Crippen molar-refractivity contribution in [3.05, 3.63) is 40.8 Å². The Kier molecular flexibility index (Phi) is 1.70. The molecular formula is C12H8O2S. The summed E-state index contributed by atoms with van der Waals surface area (Å²) < 4.78 is 5.16. The van der Waals surface area contributed by atoms with Crippen LogP contribution in [0.3, 0.4) is 0 Å². The van der Waals surface area contributed by atoms with Gasteiger partial charge in [0.05, 0.1) is 7.11 Å². The van der Waals surface area contributed by atoms with Gasteiger partial charge in [0.2, 0.25) is 0 Å². The molecule has 1 aliphatic rings.